The summed E-state index contributed by atoms with van der Waals surface area (Å²) >= 11 is 0. The standard InChI is InChI=1S/C17H23FN2O3/c1-16(2,3)23-15(21)19-14-20-17(4,10-7-11-22-14)12-8-5-6-9-13(12)18/h5-6,8-9H,7,10-11H2,1-4H3,(H,19,20,21)/t17-/m0/s1. The SMILES string of the molecule is CC(C)(C)OC(=O)NC1=N[C@](C)(c2ccccc2F)CCCO1. The van der Waals surface area contributed by atoms with Crippen molar-refractivity contribution in [2.75, 3.05) is 6.61 Å². The van der Waals surface area contributed by atoms with E-state index in [1.54, 1.807) is 39.0 Å². The third-order valence-corrected chi connectivity index (χ3v) is 3.46. The number of nitrogens with one attached hydrogen (secondary N) is 1. The molecule has 5 nitrogen and oxygen atoms in total. The highest BCUT2D eigenvalue weighted by molar-refractivity contribution is 5.91. The quantitative estimate of drug-likeness (QED) is 0.857. The molecule has 0 saturated carbocycles. The molecule has 1 aromatic rings. The Bertz CT molecular complexity index is 610. The molecule has 1 aliphatic heterocycles. The lowest BCUT2D eigenvalue weighted by atomic mass is 9.88. The Kier molecular flexibility index (Phi) is 4.92. The Hall–Kier alpha value is -2.11. The fourth-order valence-electron chi connectivity index (χ4n) is 2.45. The van der Waals surface area contributed by atoms with Gasteiger partial charge < -0.3 is 9.47 Å². The van der Waals surface area contributed by atoms with Crippen LogP contribution in [0.4, 0.5) is 9.18 Å². The minimum absolute atomic E-state index is 0.0579. The summed E-state index contributed by atoms with van der Waals surface area (Å²) in [4.78, 5) is 16.3. The van der Waals surface area contributed by atoms with Crippen LogP contribution in [0.15, 0.2) is 29.3 Å². The molecule has 1 atom stereocenters. The molecule has 0 fully saturated rings. The van der Waals surface area contributed by atoms with Gasteiger partial charge in [0.25, 0.3) is 6.02 Å². The summed E-state index contributed by atoms with van der Waals surface area (Å²) in [5.41, 5.74) is -0.940. The van der Waals surface area contributed by atoms with Gasteiger partial charge in [-0.1, -0.05) is 18.2 Å². The third-order valence-electron chi connectivity index (χ3n) is 3.46. The molecule has 6 heteroatoms. The van der Waals surface area contributed by atoms with E-state index >= 15 is 0 Å². The Labute approximate surface area is 135 Å². The molecule has 0 radical (unpaired) electrons. The van der Waals surface area contributed by atoms with Crippen molar-refractivity contribution < 1.29 is 18.7 Å². The summed E-state index contributed by atoms with van der Waals surface area (Å²) in [7, 11) is 0. The monoisotopic (exact) mass is 322 g/mol. The minimum Gasteiger partial charge on any atom is -0.465 e. The molecule has 1 amide bonds. The summed E-state index contributed by atoms with van der Waals surface area (Å²) in [6.45, 7) is 7.54. The first kappa shape index (κ1) is 17.2. The molecule has 1 N–H and O–H groups in total. The van der Waals surface area contributed by atoms with E-state index in [0.717, 1.165) is 0 Å². The molecule has 0 unspecified atom stereocenters. The van der Waals surface area contributed by atoms with Gasteiger partial charge in [-0.2, -0.15) is 0 Å². The van der Waals surface area contributed by atoms with Crippen LogP contribution in [0.25, 0.3) is 0 Å². The van der Waals surface area contributed by atoms with Crippen LogP contribution in [0.3, 0.4) is 0 Å². The number of aliphatic imine (C=N–C) groups is 1. The van der Waals surface area contributed by atoms with Crippen molar-refractivity contribution in [2.45, 2.75) is 51.7 Å². The van der Waals surface area contributed by atoms with E-state index in [1.807, 2.05) is 6.92 Å². The zero-order valence-corrected chi connectivity index (χ0v) is 14.0. The topological polar surface area (TPSA) is 59.9 Å². The molecule has 0 saturated heterocycles. The number of amides is 1. The molecule has 1 aromatic carbocycles. The van der Waals surface area contributed by atoms with Crippen molar-refractivity contribution in [2.24, 2.45) is 4.99 Å². The van der Waals surface area contributed by atoms with Gasteiger partial charge in [0.15, 0.2) is 0 Å². The van der Waals surface area contributed by atoms with Gasteiger partial charge in [-0.15, -0.1) is 0 Å². The molecule has 0 bridgehead atoms. The lowest BCUT2D eigenvalue weighted by molar-refractivity contribution is 0.0549. The smallest absolute Gasteiger partial charge is 0.415 e. The first-order valence-corrected chi connectivity index (χ1v) is 7.67. The Balaban J connectivity index is 2.24. The van der Waals surface area contributed by atoms with Crippen LogP contribution in [-0.2, 0) is 15.0 Å². The fraction of sp³-hybridized carbons (Fsp3) is 0.529. The summed E-state index contributed by atoms with van der Waals surface area (Å²) < 4.78 is 24.8. The van der Waals surface area contributed by atoms with Gasteiger partial charge in [-0.05, 0) is 46.6 Å². The predicted octanol–water partition coefficient (Wildman–Crippen LogP) is 3.73. The van der Waals surface area contributed by atoms with Crippen molar-refractivity contribution >= 4 is 12.1 Å². The molecule has 23 heavy (non-hydrogen) atoms. The largest absolute Gasteiger partial charge is 0.465 e. The number of rotatable bonds is 1. The minimum atomic E-state index is -0.799. The predicted molar refractivity (Wildman–Crippen MR) is 85.7 cm³/mol. The maximum absolute atomic E-state index is 14.1. The van der Waals surface area contributed by atoms with Crippen LogP contribution in [0.1, 0.15) is 46.1 Å². The first-order chi connectivity index (χ1) is 10.7. The molecule has 0 spiro atoms. The summed E-state index contributed by atoms with van der Waals surface area (Å²) in [6, 6.07) is 6.57. The van der Waals surface area contributed by atoms with Crippen LogP contribution in [0.5, 0.6) is 0 Å². The van der Waals surface area contributed by atoms with Crippen LogP contribution < -0.4 is 5.32 Å². The number of alkyl carbamates (subject to hydrolysis) is 1. The highest BCUT2D eigenvalue weighted by Crippen LogP contribution is 2.34. The molecule has 0 aromatic heterocycles. The van der Waals surface area contributed by atoms with Gasteiger partial charge in [0.1, 0.15) is 11.4 Å². The van der Waals surface area contributed by atoms with Crippen LogP contribution in [0, 0.1) is 5.82 Å². The number of nitrogens with zero attached hydrogens (tertiary/aromatic N) is 1. The second kappa shape index (κ2) is 6.56. The van der Waals surface area contributed by atoms with Crippen molar-refractivity contribution in [3.05, 3.63) is 35.6 Å². The van der Waals surface area contributed by atoms with Crippen molar-refractivity contribution in [1.82, 2.24) is 5.32 Å². The maximum atomic E-state index is 14.1. The van der Waals surface area contributed by atoms with E-state index in [2.05, 4.69) is 10.3 Å². The number of carbonyl (C=O) groups is 1. The normalized spacial score (nSPS) is 21.7. The lowest BCUT2D eigenvalue weighted by Crippen LogP contribution is -2.38. The van der Waals surface area contributed by atoms with E-state index in [9.17, 15) is 9.18 Å². The molecule has 1 aliphatic rings. The summed E-state index contributed by atoms with van der Waals surface area (Å²) in [5, 5.41) is 2.50. The molecule has 1 heterocycles. The van der Waals surface area contributed by atoms with Gasteiger partial charge >= 0.3 is 6.09 Å². The zero-order chi connectivity index (χ0) is 17.1. The second-order valence-electron chi connectivity index (χ2n) is 6.75. The number of benzene rings is 1. The third kappa shape index (κ3) is 4.68. The lowest BCUT2D eigenvalue weighted by Gasteiger charge is -2.25. The number of hydrogen-bond acceptors (Lipinski definition) is 4. The van der Waals surface area contributed by atoms with Gasteiger partial charge in [-0.25, -0.2) is 19.5 Å². The van der Waals surface area contributed by atoms with Crippen LogP contribution >= 0.6 is 0 Å². The Morgan fingerprint density at radius 2 is 2.09 bits per heavy atom. The molecular formula is C17H23FN2O3. The number of hydrogen-bond donors (Lipinski definition) is 1. The van der Waals surface area contributed by atoms with Crippen LogP contribution in [0.2, 0.25) is 0 Å². The molecular weight excluding hydrogens is 299 g/mol. The maximum Gasteiger partial charge on any atom is 0.415 e. The van der Waals surface area contributed by atoms with E-state index < -0.39 is 17.2 Å². The van der Waals surface area contributed by atoms with Gasteiger partial charge in [0, 0.05) is 5.56 Å². The Morgan fingerprint density at radius 1 is 1.39 bits per heavy atom. The molecule has 0 aliphatic carbocycles. The first-order valence-electron chi connectivity index (χ1n) is 7.67. The van der Waals surface area contributed by atoms with Gasteiger partial charge in [0.05, 0.1) is 12.1 Å². The summed E-state index contributed by atoms with van der Waals surface area (Å²) in [6.07, 6.45) is 0.676. The zero-order valence-electron chi connectivity index (χ0n) is 14.0. The number of carbonyl (C=O) groups excluding carboxylic acids is 1. The van der Waals surface area contributed by atoms with Crippen molar-refractivity contribution in [1.29, 1.82) is 0 Å². The average molecular weight is 322 g/mol. The van der Waals surface area contributed by atoms with E-state index in [4.69, 9.17) is 9.47 Å². The highest BCUT2D eigenvalue weighted by atomic mass is 19.1. The van der Waals surface area contributed by atoms with Gasteiger partial charge in [-0.3, -0.25) is 0 Å². The van der Waals surface area contributed by atoms with Crippen LogP contribution in [-0.4, -0.2) is 24.3 Å². The summed E-state index contributed by atoms with van der Waals surface area (Å²) in [5.74, 6) is -0.322. The number of halogens is 1. The average Bonchev–Trinajstić information content (AvgIpc) is 2.59. The van der Waals surface area contributed by atoms with Gasteiger partial charge in [0.2, 0.25) is 0 Å². The molecule has 126 valence electrons. The number of amidine groups is 1. The highest BCUT2D eigenvalue weighted by Gasteiger charge is 2.32. The van der Waals surface area contributed by atoms with Crippen molar-refractivity contribution in [3.63, 3.8) is 0 Å². The second-order valence-corrected chi connectivity index (χ2v) is 6.75. The fourth-order valence-corrected chi connectivity index (χ4v) is 2.45. The van der Waals surface area contributed by atoms with Crippen molar-refractivity contribution in [3.8, 4) is 0 Å². The molecule has 2 rings (SSSR count). The van der Waals surface area contributed by atoms with E-state index in [-0.39, 0.29) is 11.8 Å². The number of ether oxygens (including phenoxy) is 2. The Morgan fingerprint density at radius 3 is 2.74 bits per heavy atom. The van der Waals surface area contributed by atoms with E-state index in [1.165, 1.54) is 6.07 Å². The van der Waals surface area contributed by atoms with E-state index in [0.29, 0.717) is 25.0 Å².